The summed E-state index contributed by atoms with van der Waals surface area (Å²) in [7, 11) is 0. The molecule has 0 atom stereocenters. The van der Waals surface area contributed by atoms with E-state index in [9.17, 15) is 0 Å². The first-order chi connectivity index (χ1) is 6.50. The van der Waals surface area contributed by atoms with Gasteiger partial charge in [-0.15, -0.1) is 0 Å². The lowest BCUT2D eigenvalue weighted by atomic mass is 10.1. The number of benzene rings is 1. The third kappa shape index (κ3) is 2.23. The smallest absolute Gasteiger partial charge is 0.0472 e. The van der Waals surface area contributed by atoms with Crippen molar-refractivity contribution >= 4 is 47.8 Å². The van der Waals surface area contributed by atoms with Crippen LogP contribution in [0.15, 0.2) is 13.4 Å². The Morgan fingerprint density at radius 1 is 0.929 bits per heavy atom. The molecule has 0 radical (unpaired) electrons. The molecule has 1 aromatic carbocycles. The first kappa shape index (κ1) is 12.7. The molecule has 0 aliphatic carbocycles. The lowest BCUT2D eigenvalue weighted by Crippen LogP contribution is -1.99. The van der Waals surface area contributed by atoms with E-state index < -0.39 is 0 Å². The summed E-state index contributed by atoms with van der Waals surface area (Å²) in [6.45, 7) is 4.26. The van der Waals surface area contributed by atoms with Crippen LogP contribution in [0.4, 0.5) is 0 Å². The number of aliphatic hydroxyl groups is 1. The average molecular weight is 387 g/mol. The monoisotopic (exact) mass is 384 g/mol. The molecule has 0 unspecified atom stereocenters. The summed E-state index contributed by atoms with van der Waals surface area (Å²) in [6, 6.07) is 0. The van der Waals surface area contributed by atoms with Gasteiger partial charge in [0.1, 0.15) is 0 Å². The number of rotatable bonds is 2. The molecule has 1 N–H and O–H groups in total. The summed E-state index contributed by atoms with van der Waals surface area (Å²) >= 11 is 10.6. The van der Waals surface area contributed by atoms with Gasteiger partial charge >= 0.3 is 0 Å². The van der Waals surface area contributed by atoms with Gasteiger partial charge in [0.15, 0.2) is 0 Å². The molecular formula is C10H11Br3O. The molecule has 1 rings (SSSR count). The predicted octanol–water partition coefficient (Wildman–Crippen LogP) is 4.13. The Labute approximate surface area is 109 Å². The molecule has 0 aromatic heterocycles. The first-order valence-electron chi connectivity index (χ1n) is 4.24. The number of aliphatic hydroxyl groups excluding tert-OH is 1. The van der Waals surface area contributed by atoms with Crippen LogP contribution in [0.5, 0.6) is 0 Å². The third-order valence-electron chi connectivity index (χ3n) is 2.21. The molecule has 1 nitrogen and oxygen atoms in total. The predicted molar refractivity (Wildman–Crippen MR) is 69.8 cm³/mol. The molecule has 0 spiro atoms. The summed E-state index contributed by atoms with van der Waals surface area (Å²) in [5.74, 6) is 0. The van der Waals surface area contributed by atoms with Gasteiger partial charge < -0.3 is 5.11 Å². The van der Waals surface area contributed by atoms with Crippen molar-refractivity contribution in [2.24, 2.45) is 0 Å². The molecule has 4 heteroatoms. The zero-order chi connectivity index (χ0) is 10.9. The molecule has 0 aliphatic rings. The zero-order valence-corrected chi connectivity index (χ0v) is 12.8. The molecule has 14 heavy (non-hydrogen) atoms. The maximum atomic E-state index is 8.97. The van der Waals surface area contributed by atoms with Crippen molar-refractivity contribution in [3.8, 4) is 0 Å². The van der Waals surface area contributed by atoms with Gasteiger partial charge in [-0.3, -0.25) is 0 Å². The van der Waals surface area contributed by atoms with E-state index in [2.05, 4.69) is 61.6 Å². The van der Waals surface area contributed by atoms with Crippen LogP contribution in [-0.4, -0.2) is 11.7 Å². The summed E-state index contributed by atoms with van der Waals surface area (Å²) < 4.78 is 3.24. The Bertz CT molecular complexity index is 332. The highest BCUT2D eigenvalue weighted by atomic mass is 79.9. The molecule has 78 valence electrons. The quantitative estimate of drug-likeness (QED) is 0.810. The Morgan fingerprint density at radius 2 is 1.36 bits per heavy atom. The van der Waals surface area contributed by atoms with Crippen molar-refractivity contribution in [2.75, 3.05) is 6.61 Å². The molecule has 0 saturated heterocycles. The highest BCUT2D eigenvalue weighted by molar-refractivity contribution is 9.11. The van der Waals surface area contributed by atoms with Crippen molar-refractivity contribution in [3.63, 3.8) is 0 Å². The van der Waals surface area contributed by atoms with Crippen LogP contribution in [0.25, 0.3) is 0 Å². The van der Waals surface area contributed by atoms with Crippen molar-refractivity contribution in [1.82, 2.24) is 0 Å². The van der Waals surface area contributed by atoms with Crippen LogP contribution < -0.4 is 0 Å². The van der Waals surface area contributed by atoms with Crippen LogP contribution in [0.1, 0.15) is 16.7 Å². The maximum absolute atomic E-state index is 8.97. The van der Waals surface area contributed by atoms with Gasteiger partial charge in [0, 0.05) is 20.0 Å². The fraction of sp³-hybridized carbons (Fsp3) is 0.400. The van der Waals surface area contributed by atoms with Crippen molar-refractivity contribution in [2.45, 2.75) is 20.3 Å². The summed E-state index contributed by atoms with van der Waals surface area (Å²) in [5.41, 5.74) is 3.48. The lowest BCUT2D eigenvalue weighted by Gasteiger charge is -2.14. The molecule has 0 saturated carbocycles. The third-order valence-corrected chi connectivity index (χ3v) is 5.54. The molecule has 0 amide bonds. The molecule has 1 aromatic rings. The van der Waals surface area contributed by atoms with Crippen molar-refractivity contribution < 1.29 is 5.11 Å². The highest BCUT2D eigenvalue weighted by Gasteiger charge is 2.14. The molecule has 0 fully saturated rings. The van der Waals surface area contributed by atoms with Gasteiger partial charge in [-0.2, -0.15) is 0 Å². The second-order valence-electron chi connectivity index (χ2n) is 3.14. The second kappa shape index (κ2) is 5.10. The Balaban J connectivity index is 3.43. The highest BCUT2D eigenvalue weighted by Crippen LogP contribution is 2.37. The van der Waals surface area contributed by atoms with E-state index >= 15 is 0 Å². The molecule has 0 aliphatic heterocycles. The number of halogens is 3. The van der Waals surface area contributed by atoms with E-state index in [1.165, 1.54) is 11.1 Å². The normalized spacial score (nSPS) is 10.7. The van der Waals surface area contributed by atoms with E-state index in [1.807, 2.05) is 0 Å². The SMILES string of the molecule is Cc1c(Br)c(C)c(Br)c(CCO)c1Br. The zero-order valence-electron chi connectivity index (χ0n) is 8.00. The van der Waals surface area contributed by atoms with Crippen LogP contribution >= 0.6 is 47.8 Å². The van der Waals surface area contributed by atoms with Gasteiger partial charge in [0.2, 0.25) is 0 Å². The Hall–Kier alpha value is 0.620. The van der Waals surface area contributed by atoms with Crippen LogP contribution in [0, 0.1) is 13.8 Å². The Kier molecular flexibility index (Phi) is 4.62. The minimum atomic E-state index is 0.164. The average Bonchev–Trinajstić information content (AvgIpc) is 2.19. The van der Waals surface area contributed by atoms with Crippen molar-refractivity contribution in [3.05, 3.63) is 30.1 Å². The van der Waals surface area contributed by atoms with Gasteiger partial charge in [-0.05, 0) is 37.0 Å². The van der Waals surface area contributed by atoms with E-state index in [1.54, 1.807) is 0 Å². The summed E-state index contributed by atoms with van der Waals surface area (Å²) in [4.78, 5) is 0. The van der Waals surface area contributed by atoms with E-state index in [0.717, 1.165) is 19.0 Å². The molecule has 0 heterocycles. The van der Waals surface area contributed by atoms with Crippen LogP contribution in [0.2, 0.25) is 0 Å². The van der Waals surface area contributed by atoms with Gasteiger partial charge in [0.25, 0.3) is 0 Å². The standard InChI is InChI=1S/C10H11Br3O/c1-5-8(11)6(2)10(13)7(3-4-14)9(5)12/h14H,3-4H2,1-2H3. The fourth-order valence-corrected chi connectivity index (χ4v) is 3.74. The van der Waals surface area contributed by atoms with Gasteiger partial charge in [0.05, 0.1) is 0 Å². The van der Waals surface area contributed by atoms with E-state index in [4.69, 9.17) is 5.11 Å². The minimum Gasteiger partial charge on any atom is -0.396 e. The molecule has 0 bridgehead atoms. The topological polar surface area (TPSA) is 20.2 Å². The second-order valence-corrected chi connectivity index (χ2v) is 5.52. The van der Waals surface area contributed by atoms with Crippen LogP contribution in [0.3, 0.4) is 0 Å². The van der Waals surface area contributed by atoms with Crippen molar-refractivity contribution in [1.29, 1.82) is 0 Å². The molecular weight excluding hydrogens is 376 g/mol. The number of hydrogen-bond donors (Lipinski definition) is 1. The van der Waals surface area contributed by atoms with Crippen LogP contribution in [-0.2, 0) is 6.42 Å². The fourth-order valence-electron chi connectivity index (χ4n) is 1.35. The largest absolute Gasteiger partial charge is 0.396 e. The summed E-state index contributed by atoms with van der Waals surface area (Å²) in [6.07, 6.45) is 0.663. The minimum absolute atomic E-state index is 0.164. The van der Waals surface area contributed by atoms with E-state index in [0.29, 0.717) is 6.42 Å². The first-order valence-corrected chi connectivity index (χ1v) is 6.62. The van der Waals surface area contributed by atoms with E-state index in [-0.39, 0.29) is 6.61 Å². The Morgan fingerprint density at radius 3 is 1.71 bits per heavy atom. The summed E-state index contributed by atoms with van der Waals surface area (Å²) in [5, 5.41) is 8.97. The maximum Gasteiger partial charge on any atom is 0.0472 e. The van der Waals surface area contributed by atoms with Gasteiger partial charge in [-0.1, -0.05) is 47.8 Å². The number of hydrogen-bond acceptors (Lipinski definition) is 1. The van der Waals surface area contributed by atoms with Gasteiger partial charge in [-0.25, -0.2) is 0 Å². The lowest BCUT2D eigenvalue weighted by molar-refractivity contribution is 0.299.